The lowest BCUT2D eigenvalue weighted by Gasteiger charge is -2.41. The summed E-state index contributed by atoms with van der Waals surface area (Å²) in [7, 11) is 1.61. The van der Waals surface area contributed by atoms with Gasteiger partial charge in [0.25, 0.3) is 0 Å². The zero-order valence-corrected chi connectivity index (χ0v) is 16.6. The number of methoxy groups -OCH3 is 1. The van der Waals surface area contributed by atoms with Gasteiger partial charge in [-0.3, -0.25) is 9.69 Å². The van der Waals surface area contributed by atoms with Crippen LogP contribution in [0.25, 0.3) is 0 Å². The maximum absolute atomic E-state index is 13.4. The Hall–Kier alpha value is -2.28. The third kappa shape index (κ3) is 4.20. The molecule has 0 spiro atoms. The summed E-state index contributed by atoms with van der Waals surface area (Å²) in [5, 5.41) is 0. The molecule has 0 atom stereocenters. The Kier molecular flexibility index (Phi) is 5.94. The summed E-state index contributed by atoms with van der Waals surface area (Å²) in [6.45, 7) is 3.05. The summed E-state index contributed by atoms with van der Waals surface area (Å²) in [5.41, 5.74) is 1.56. The van der Waals surface area contributed by atoms with Crippen molar-refractivity contribution in [2.24, 2.45) is 5.92 Å². The number of halogens is 1. The van der Waals surface area contributed by atoms with Gasteiger partial charge in [-0.2, -0.15) is 0 Å². The molecular formula is C23H26FNO4. The van der Waals surface area contributed by atoms with Gasteiger partial charge in [-0.1, -0.05) is 12.1 Å². The van der Waals surface area contributed by atoms with Gasteiger partial charge < -0.3 is 14.2 Å². The first-order valence-corrected chi connectivity index (χ1v) is 10.0. The number of rotatable bonds is 6. The molecule has 0 N–H and O–H groups in total. The molecule has 0 amide bonds. The van der Waals surface area contributed by atoms with E-state index in [2.05, 4.69) is 4.90 Å². The highest BCUT2D eigenvalue weighted by Crippen LogP contribution is 2.43. The van der Waals surface area contributed by atoms with Gasteiger partial charge in [-0.25, -0.2) is 4.39 Å². The third-order valence-electron chi connectivity index (χ3n) is 5.87. The van der Waals surface area contributed by atoms with Crippen molar-refractivity contribution in [1.29, 1.82) is 0 Å². The number of Topliss-reactive ketones (excluding diaryl/α,β-unsaturated/α-hetero) is 1. The van der Waals surface area contributed by atoms with E-state index in [4.69, 9.17) is 14.2 Å². The van der Waals surface area contributed by atoms with Crippen molar-refractivity contribution in [3.8, 4) is 5.75 Å². The summed E-state index contributed by atoms with van der Waals surface area (Å²) in [6.07, 6.45) is 1.71. The van der Waals surface area contributed by atoms with Crippen LogP contribution in [0.3, 0.4) is 0 Å². The van der Waals surface area contributed by atoms with Crippen molar-refractivity contribution in [2.45, 2.75) is 18.6 Å². The molecule has 2 heterocycles. The van der Waals surface area contributed by atoms with Crippen LogP contribution in [0.2, 0.25) is 0 Å². The number of benzene rings is 2. The Balaban J connectivity index is 1.39. The fraction of sp³-hybridized carbons (Fsp3) is 0.435. The van der Waals surface area contributed by atoms with Crippen LogP contribution in [0, 0.1) is 11.7 Å². The number of hydrogen-bond donors (Lipinski definition) is 0. The lowest BCUT2D eigenvalue weighted by molar-refractivity contribution is -0.214. The molecule has 0 saturated carbocycles. The van der Waals surface area contributed by atoms with E-state index in [1.165, 1.54) is 12.1 Å². The molecule has 0 aromatic heterocycles. The molecule has 2 aromatic carbocycles. The van der Waals surface area contributed by atoms with Crippen molar-refractivity contribution in [2.75, 3.05) is 40.0 Å². The maximum Gasteiger partial charge on any atom is 0.197 e. The SMILES string of the molecule is COc1ccc(C(=O)CN2CCC(C3(c4ccc(F)cc4)OCCO3)CC2)cc1. The number of ether oxygens (including phenoxy) is 3. The quantitative estimate of drug-likeness (QED) is 0.695. The van der Waals surface area contributed by atoms with Gasteiger partial charge in [0.1, 0.15) is 11.6 Å². The average Bonchev–Trinajstić information content (AvgIpc) is 3.26. The number of piperidine rings is 1. The molecule has 2 fully saturated rings. The number of likely N-dealkylation sites (tertiary alicyclic amines) is 1. The number of hydrogen-bond acceptors (Lipinski definition) is 5. The molecule has 0 radical (unpaired) electrons. The predicted molar refractivity (Wildman–Crippen MR) is 106 cm³/mol. The molecule has 0 aliphatic carbocycles. The first-order chi connectivity index (χ1) is 14.1. The number of ketones is 1. The smallest absolute Gasteiger partial charge is 0.197 e. The second kappa shape index (κ2) is 8.61. The van der Waals surface area contributed by atoms with Gasteiger partial charge in [0.15, 0.2) is 11.6 Å². The zero-order chi connectivity index (χ0) is 20.3. The highest BCUT2D eigenvalue weighted by Gasteiger charge is 2.47. The molecule has 0 bridgehead atoms. The second-order valence-electron chi connectivity index (χ2n) is 7.57. The number of nitrogens with zero attached hydrogens (tertiary/aromatic N) is 1. The summed E-state index contributed by atoms with van der Waals surface area (Å²) in [5.74, 6) is -0.0611. The molecule has 29 heavy (non-hydrogen) atoms. The Bertz CT molecular complexity index is 823. The summed E-state index contributed by atoms with van der Waals surface area (Å²) < 4.78 is 30.7. The van der Waals surface area contributed by atoms with Crippen LogP contribution in [-0.4, -0.2) is 50.6 Å². The van der Waals surface area contributed by atoms with Crippen molar-refractivity contribution in [3.63, 3.8) is 0 Å². The van der Waals surface area contributed by atoms with Crippen LogP contribution in [0.5, 0.6) is 5.75 Å². The lowest BCUT2D eigenvalue weighted by atomic mass is 9.84. The molecule has 6 heteroatoms. The van der Waals surface area contributed by atoms with Gasteiger partial charge in [0, 0.05) is 17.0 Å². The number of carbonyl (C=O) groups excluding carboxylic acids is 1. The molecule has 0 unspecified atom stereocenters. The van der Waals surface area contributed by atoms with E-state index >= 15 is 0 Å². The fourth-order valence-electron chi connectivity index (χ4n) is 4.29. The minimum absolute atomic E-state index is 0.104. The molecule has 154 valence electrons. The predicted octanol–water partition coefficient (Wildman–Crippen LogP) is 3.63. The van der Waals surface area contributed by atoms with E-state index in [0.717, 1.165) is 37.2 Å². The topological polar surface area (TPSA) is 48.0 Å². The zero-order valence-electron chi connectivity index (χ0n) is 16.6. The normalized spacial score (nSPS) is 19.9. The van der Waals surface area contributed by atoms with E-state index < -0.39 is 5.79 Å². The van der Waals surface area contributed by atoms with Crippen LogP contribution in [0.1, 0.15) is 28.8 Å². The van der Waals surface area contributed by atoms with E-state index in [1.807, 2.05) is 0 Å². The first-order valence-electron chi connectivity index (χ1n) is 10.0. The third-order valence-corrected chi connectivity index (χ3v) is 5.87. The lowest BCUT2D eigenvalue weighted by Crippen LogP contribution is -2.45. The monoisotopic (exact) mass is 399 g/mol. The molecule has 2 aliphatic rings. The largest absolute Gasteiger partial charge is 0.497 e. The molecule has 2 saturated heterocycles. The Morgan fingerprint density at radius 3 is 2.28 bits per heavy atom. The first kappa shape index (κ1) is 20.0. The highest BCUT2D eigenvalue weighted by atomic mass is 19.1. The van der Waals surface area contributed by atoms with Gasteiger partial charge in [0.05, 0.1) is 26.9 Å². The Morgan fingerprint density at radius 1 is 1.07 bits per heavy atom. The summed E-state index contributed by atoms with van der Waals surface area (Å²) in [4.78, 5) is 14.8. The molecule has 2 aliphatic heterocycles. The van der Waals surface area contributed by atoms with Crippen LogP contribution in [0.15, 0.2) is 48.5 Å². The van der Waals surface area contributed by atoms with Crippen LogP contribution in [-0.2, 0) is 15.3 Å². The molecule has 2 aromatic rings. The van der Waals surface area contributed by atoms with Crippen LogP contribution >= 0.6 is 0 Å². The average molecular weight is 399 g/mol. The van der Waals surface area contributed by atoms with Gasteiger partial charge in [0.2, 0.25) is 0 Å². The summed E-state index contributed by atoms with van der Waals surface area (Å²) >= 11 is 0. The Labute approximate surface area is 170 Å². The van der Waals surface area contributed by atoms with E-state index in [1.54, 1.807) is 43.5 Å². The van der Waals surface area contributed by atoms with Crippen LogP contribution in [0.4, 0.5) is 4.39 Å². The van der Waals surface area contributed by atoms with Crippen molar-refractivity contribution in [3.05, 3.63) is 65.5 Å². The minimum Gasteiger partial charge on any atom is -0.497 e. The fourth-order valence-corrected chi connectivity index (χ4v) is 4.29. The van der Waals surface area contributed by atoms with E-state index in [0.29, 0.717) is 25.3 Å². The van der Waals surface area contributed by atoms with Gasteiger partial charge in [-0.05, 0) is 62.3 Å². The number of carbonyl (C=O) groups is 1. The van der Waals surface area contributed by atoms with E-state index in [9.17, 15) is 9.18 Å². The maximum atomic E-state index is 13.4. The van der Waals surface area contributed by atoms with Crippen molar-refractivity contribution >= 4 is 5.78 Å². The molecule has 5 nitrogen and oxygen atoms in total. The second-order valence-corrected chi connectivity index (χ2v) is 7.57. The standard InChI is InChI=1S/C23H26FNO4/c1-27-21-8-2-17(3-9-21)22(26)16-25-12-10-19(11-13-25)23(28-14-15-29-23)18-4-6-20(24)7-5-18/h2-9,19H,10-16H2,1H3. The van der Waals surface area contributed by atoms with E-state index in [-0.39, 0.29) is 17.5 Å². The van der Waals surface area contributed by atoms with Crippen molar-refractivity contribution < 1.29 is 23.4 Å². The molecular weight excluding hydrogens is 373 g/mol. The Morgan fingerprint density at radius 2 is 1.69 bits per heavy atom. The van der Waals surface area contributed by atoms with Crippen molar-refractivity contribution in [1.82, 2.24) is 4.90 Å². The highest BCUT2D eigenvalue weighted by molar-refractivity contribution is 5.97. The van der Waals surface area contributed by atoms with Crippen LogP contribution < -0.4 is 4.74 Å². The summed E-state index contributed by atoms with van der Waals surface area (Å²) in [6, 6.07) is 13.6. The minimum atomic E-state index is -0.806. The van der Waals surface area contributed by atoms with Gasteiger partial charge in [-0.15, -0.1) is 0 Å². The molecule has 4 rings (SSSR count). The van der Waals surface area contributed by atoms with Gasteiger partial charge >= 0.3 is 0 Å².